The van der Waals surface area contributed by atoms with E-state index in [4.69, 9.17) is 5.11 Å². The zero-order valence-electron chi connectivity index (χ0n) is 12.7. The predicted octanol–water partition coefficient (Wildman–Crippen LogP) is 1.96. The van der Waals surface area contributed by atoms with Gasteiger partial charge in [0.15, 0.2) is 0 Å². The molecule has 0 radical (unpaired) electrons. The quantitative estimate of drug-likeness (QED) is 0.828. The van der Waals surface area contributed by atoms with Crippen molar-refractivity contribution in [3.8, 4) is 0 Å². The Morgan fingerprint density at radius 2 is 1.74 bits per heavy atom. The third-order valence-corrected chi connectivity index (χ3v) is 4.91. The molecule has 0 bridgehead atoms. The van der Waals surface area contributed by atoms with Gasteiger partial charge in [0, 0.05) is 19.0 Å². The first-order valence-electron chi connectivity index (χ1n) is 7.80. The van der Waals surface area contributed by atoms with Crippen molar-refractivity contribution in [3.05, 3.63) is 35.4 Å². The summed E-state index contributed by atoms with van der Waals surface area (Å²) in [6, 6.07) is 6.70. The van der Waals surface area contributed by atoms with Crippen molar-refractivity contribution in [3.63, 3.8) is 0 Å². The Morgan fingerprint density at radius 1 is 1.09 bits per heavy atom. The van der Waals surface area contributed by atoms with Crippen LogP contribution in [0.15, 0.2) is 24.3 Å². The van der Waals surface area contributed by atoms with Gasteiger partial charge in [0.1, 0.15) is 5.41 Å². The van der Waals surface area contributed by atoms with Crippen molar-refractivity contribution < 1.29 is 24.6 Å². The normalized spacial score (nSPS) is 22.4. The summed E-state index contributed by atoms with van der Waals surface area (Å²) in [5.41, 5.74) is 0.0441. The van der Waals surface area contributed by atoms with E-state index in [-0.39, 0.29) is 17.4 Å². The van der Waals surface area contributed by atoms with Gasteiger partial charge in [-0.1, -0.05) is 12.1 Å². The van der Waals surface area contributed by atoms with Crippen LogP contribution in [0.2, 0.25) is 0 Å². The summed E-state index contributed by atoms with van der Waals surface area (Å²) in [5.74, 6) is -2.12. The van der Waals surface area contributed by atoms with E-state index in [0.717, 1.165) is 18.4 Å². The van der Waals surface area contributed by atoms with E-state index in [1.807, 2.05) is 0 Å². The van der Waals surface area contributed by atoms with E-state index >= 15 is 0 Å². The molecule has 2 N–H and O–H groups in total. The van der Waals surface area contributed by atoms with Crippen LogP contribution >= 0.6 is 0 Å². The number of amides is 1. The largest absolute Gasteiger partial charge is 0.480 e. The van der Waals surface area contributed by atoms with Gasteiger partial charge in [0.2, 0.25) is 5.91 Å². The molecule has 1 aromatic carbocycles. The molecule has 0 spiro atoms. The summed E-state index contributed by atoms with van der Waals surface area (Å²) in [6.07, 6.45) is 2.59. The highest BCUT2D eigenvalue weighted by atomic mass is 16.4. The Morgan fingerprint density at radius 3 is 2.26 bits per heavy atom. The number of rotatable bonds is 4. The van der Waals surface area contributed by atoms with Gasteiger partial charge in [-0.25, -0.2) is 4.79 Å². The number of carbonyl (C=O) groups is 3. The number of carboxylic acids is 2. The molecule has 122 valence electrons. The lowest BCUT2D eigenvalue weighted by atomic mass is 9.89. The third-order valence-electron chi connectivity index (χ3n) is 4.91. The molecule has 0 unspecified atom stereocenters. The average Bonchev–Trinajstić information content (AvgIpc) is 3.36. The summed E-state index contributed by atoms with van der Waals surface area (Å²) in [6.45, 7) is 1.10. The van der Waals surface area contributed by atoms with Gasteiger partial charge in [-0.3, -0.25) is 9.59 Å². The molecule has 1 saturated carbocycles. The zero-order chi connectivity index (χ0) is 16.6. The first-order chi connectivity index (χ1) is 10.9. The van der Waals surface area contributed by atoms with Crippen LogP contribution in [0.25, 0.3) is 0 Å². The van der Waals surface area contributed by atoms with Gasteiger partial charge in [-0.2, -0.15) is 0 Å². The minimum absolute atomic E-state index is 0.125. The van der Waals surface area contributed by atoms with E-state index in [2.05, 4.69) is 0 Å². The maximum Gasteiger partial charge on any atom is 0.335 e. The number of hydrogen-bond acceptors (Lipinski definition) is 3. The van der Waals surface area contributed by atoms with Crippen LogP contribution in [0.5, 0.6) is 0 Å². The molecular formula is C17H19NO5. The van der Waals surface area contributed by atoms with E-state index in [1.165, 1.54) is 0 Å². The molecule has 0 aromatic heterocycles. The van der Waals surface area contributed by atoms with Crippen LogP contribution in [-0.2, 0) is 9.59 Å². The van der Waals surface area contributed by atoms with Crippen LogP contribution in [0, 0.1) is 5.41 Å². The van der Waals surface area contributed by atoms with Crippen molar-refractivity contribution in [1.29, 1.82) is 0 Å². The van der Waals surface area contributed by atoms with Crippen LogP contribution in [0.3, 0.4) is 0 Å². The van der Waals surface area contributed by atoms with Crippen LogP contribution in [0.1, 0.15) is 47.5 Å². The third kappa shape index (κ3) is 2.81. The summed E-state index contributed by atoms with van der Waals surface area (Å²) < 4.78 is 0. The Kier molecular flexibility index (Phi) is 3.83. The first-order valence-corrected chi connectivity index (χ1v) is 7.80. The molecule has 1 heterocycles. The molecule has 1 amide bonds. The van der Waals surface area contributed by atoms with E-state index in [9.17, 15) is 19.5 Å². The zero-order valence-corrected chi connectivity index (χ0v) is 12.7. The van der Waals surface area contributed by atoms with Crippen LogP contribution in [-0.4, -0.2) is 46.0 Å². The summed E-state index contributed by atoms with van der Waals surface area (Å²) in [7, 11) is 0. The fourth-order valence-corrected chi connectivity index (χ4v) is 3.28. The Bertz CT molecular complexity index is 647. The molecule has 1 aromatic rings. The molecule has 6 heteroatoms. The molecule has 1 aliphatic carbocycles. The first kappa shape index (κ1) is 15.5. The molecule has 2 fully saturated rings. The lowest BCUT2D eigenvalue weighted by Crippen LogP contribution is -2.45. The number of benzene rings is 1. The number of piperidine rings is 1. The van der Waals surface area contributed by atoms with E-state index in [1.54, 1.807) is 29.2 Å². The fourth-order valence-electron chi connectivity index (χ4n) is 3.28. The Labute approximate surface area is 133 Å². The Balaban J connectivity index is 1.72. The van der Waals surface area contributed by atoms with E-state index in [0.29, 0.717) is 25.9 Å². The predicted molar refractivity (Wildman–Crippen MR) is 81.3 cm³/mol. The number of carbonyl (C=O) groups excluding carboxylic acids is 1. The molecule has 1 saturated heterocycles. The number of hydrogen-bond donors (Lipinski definition) is 2. The molecule has 2 aliphatic rings. The van der Waals surface area contributed by atoms with Gasteiger partial charge < -0.3 is 15.1 Å². The van der Waals surface area contributed by atoms with Crippen molar-refractivity contribution in [1.82, 2.24) is 4.90 Å². The maximum absolute atomic E-state index is 12.5. The second-order valence-corrected chi connectivity index (χ2v) is 6.40. The van der Waals surface area contributed by atoms with Crippen LogP contribution in [0.4, 0.5) is 0 Å². The van der Waals surface area contributed by atoms with E-state index < -0.39 is 17.4 Å². The van der Waals surface area contributed by atoms with Gasteiger partial charge in [0.25, 0.3) is 0 Å². The number of carboxylic acid groups (broad SMARTS) is 2. The fraction of sp³-hybridized carbons (Fsp3) is 0.471. The van der Waals surface area contributed by atoms with Crippen molar-refractivity contribution >= 4 is 17.8 Å². The summed E-state index contributed by atoms with van der Waals surface area (Å²) in [5, 5.41) is 18.2. The van der Waals surface area contributed by atoms with Crippen molar-refractivity contribution in [2.24, 2.45) is 5.41 Å². The van der Waals surface area contributed by atoms with Gasteiger partial charge >= 0.3 is 11.9 Å². The summed E-state index contributed by atoms with van der Waals surface area (Å²) >= 11 is 0. The smallest absolute Gasteiger partial charge is 0.335 e. The number of aromatic carboxylic acids is 1. The van der Waals surface area contributed by atoms with Gasteiger partial charge in [-0.05, 0) is 43.4 Å². The highest BCUT2D eigenvalue weighted by Gasteiger charge is 2.58. The second-order valence-electron chi connectivity index (χ2n) is 6.40. The SMILES string of the molecule is O=C(O)c1ccc([C@H]2CCCN(C(=O)C3(C(=O)O)CC3)C2)cc1. The van der Waals surface area contributed by atoms with Gasteiger partial charge in [-0.15, -0.1) is 0 Å². The lowest BCUT2D eigenvalue weighted by molar-refractivity contribution is -0.154. The number of nitrogens with zero attached hydrogens (tertiary/aromatic N) is 1. The number of aliphatic carboxylic acids is 1. The number of likely N-dealkylation sites (tertiary alicyclic amines) is 1. The highest BCUT2D eigenvalue weighted by molar-refractivity contribution is 6.04. The minimum Gasteiger partial charge on any atom is -0.480 e. The maximum atomic E-state index is 12.5. The van der Waals surface area contributed by atoms with Crippen molar-refractivity contribution in [2.75, 3.05) is 13.1 Å². The monoisotopic (exact) mass is 317 g/mol. The van der Waals surface area contributed by atoms with Crippen molar-refractivity contribution in [2.45, 2.75) is 31.6 Å². The topological polar surface area (TPSA) is 94.9 Å². The van der Waals surface area contributed by atoms with Gasteiger partial charge in [0.05, 0.1) is 5.56 Å². The molecule has 3 rings (SSSR count). The second kappa shape index (κ2) is 5.68. The average molecular weight is 317 g/mol. The standard InChI is InChI=1S/C17H19NO5/c19-14(20)12-5-3-11(4-6-12)13-2-1-9-18(10-13)15(21)17(7-8-17)16(22)23/h3-6,13H,1-2,7-10H2,(H,19,20)(H,22,23)/t13-/m0/s1. The Hall–Kier alpha value is -2.37. The molecule has 23 heavy (non-hydrogen) atoms. The highest BCUT2D eigenvalue weighted by Crippen LogP contribution is 2.48. The summed E-state index contributed by atoms with van der Waals surface area (Å²) in [4.78, 5) is 36.4. The molecule has 1 atom stereocenters. The molecule has 1 aliphatic heterocycles. The lowest BCUT2D eigenvalue weighted by Gasteiger charge is -2.34. The van der Waals surface area contributed by atoms with Crippen LogP contribution < -0.4 is 0 Å². The molecular weight excluding hydrogens is 298 g/mol. The molecule has 6 nitrogen and oxygen atoms in total. The minimum atomic E-state index is -1.19.